The molecular formula is C23H20FN3O3. The molecule has 5 rings (SSSR count). The van der Waals surface area contributed by atoms with Crippen molar-refractivity contribution in [3.05, 3.63) is 82.7 Å². The number of H-pyrrole nitrogens is 1. The van der Waals surface area contributed by atoms with Crippen molar-refractivity contribution in [3.8, 4) is 11.3 Å². The monoisotopic (exact) mass is 405 g/mol. The van der Waals surface area contributed by atoms with Crippen molar-refractivity contribution in [2.45, 2.75) is 18.9 Å². The van der Waals surface area contributed by atoms with E-state index in [0.29, 0.717) is 37.3 Å². The number of piperidine rings is 1. The molecule has 7 heteroatoms. The number of fused-ring (bicyclic) bond motifs is 1. The van der Waals surface area contributed by atoms with Gasteiger partial charge in [-0.15, -0.1) is 0 Å². The van der Waals surface area contributed by atoms with Crippen LogP contribution in [0.25, 0.3) is 22.4 Å². The highest BCUT2D eigenvalue weighted by Crippen LogP contribution is 2.27. The number of halogens is 1. The molecule has 0 spiro atoms. The number of hydrogen-bond acceptors (Lipinski definition) is 3. The van der Waals surface area contributed by atoms with Gasteiger partial charge >= 0.3 is 5.69 Å². The molecule has 0 radical (unpaired) electrons. The summed E-state index contributed by atoms with van der Waals surface area (Å²) in [4.78, 5) is 29.9. The summed E-state index contributed by atoms with van der Waals surface area (Å²) in [5.74, 6) is 0.294. The molecule has 1 aliphatic heterocycles. The lowest BCUT2D eigenvalue weighted by atomic mass is 10.0. The summed E-state index contributed by atoms with van der Waals surface area (Å²) in [6, 6.07) is 17.0. The first-order valence-corrected chi connectivity index (χ1v) is 9.94. The molecule has 0 atom stereocenters. The molecule has 1 amide bonds. The van der Waals surface area contributed by atoms with Crippen LogP contribution >= 0.6 is 0 Å². The maximum absolute atomic E-state index is 13.1. The first kappa shape index (κ1) is 18.4. The first-order chi connectivity index (χ1) is 14.6. The predicted octanol–water partition coefficient (Wildman–Crippen LogP) is 4.21. The van der Waals surface area contributed by atoms with Gasteiger partial charge in [-0.1, -0.05) is 12.1 Å². The zero-order valence-corrected chi connectivity index (χ0v) is 16.2. The minimum absolute atomic E-state index is 0.0454. The largest absolute Gasteiger partial charge is 0.451 e. The molecule has 0 bridgehead atoms. The second-order valence-electron chi connectivity index (χ2n) is 7.51. The van der Waals surface area contributed by atoms with Crippen molar-refractivity contribution in [1.29, 1.82) is 0 Å². The van der Waals surface area contributed by atoms with Crippen molar-refractivity contribution in [3.63, 3.8) is 0 Å². The maximum atomic E-state index is 13.1. The molecule has 6 nitrogen and oxygen atoms in total. The van der Waals surface area contributed by atoms with Gasteiger partial charge in [-0.05, 0) is 61.4 Å². The Balaban J connectivity index is 1.30. The van der Waals surface area contributed by atoms with E-state index in [1.807, 2.05) is 24.3 Å². The fourth-order valence-electron chi connectivity index (χ4n) is 4.14. The normalized spacial score (nSPS) is 15.0. The third kappa shape index (κ3) is 3.22. The molecule has 0 aliphatic carbocycles. The molecule has 1 N–H and O–H groups in total. The molecule has 1 fully saturated rings. The summed E-state index contributed by atoms with van der Waals surface area (Å²) < 4.78 is 20.6. The van der Waals surface area contributed by atoms with E-state index in [-0.39, 0.29) is 29.2 Å². The number of carbonyl (C=O) groups excluding carboxylic acids is 1. The van der Waals surface area contributed by atoms with E-state index >= 15 is 0 Å². The van der Waals surface area contributed by atoms with E-state index in [1.165, 1.54) is 12.1 Å². The van der Waals surface area contributed by atoms with Crippen molar-refractivity contribution < 1.29 is 13.6 Å². The van der Waals surface area contributed by atoms with Crippen molar-refractivity contribution in [2.75, 3.05) is 13.1 Å². The highest BCUT2D eigenvalue weighted by atomic mass is 19.1. The van der Waals surface area contributed by atoms with Crippen molar-refractivity contribution in [2.24, 2.45) is 0 Å². The number of para-hydroxylation sites is 2. The SMILES string of the molecule is O=C(c1ccc(-c2ccc(F)cc2)o1)N1CCC(n2c(=O)[nH]c3ccccc32)CC1. The van der Waals surface area contributed by atoms with Gasteiger partial charge in [0, 0.05) is 24.7 Å². The number of nitrogens with zero attached hydrogens (tertiary/aromatic N) is 2. The van der Waals surface area contributed by atoms with Gasteiger partial charge in [0.1, 0.15) is 11.6 Å². The summed E-state index contributed by atoms with van der Waals surface area (Å²) >= 11 is 0. The summed E-state index contributed by atoms with van der Waals surface area (Å²) in [5, 5.41) is 0. The Morgan fingerprint density at radius 3 is 2.50 bits per heavy atom. The Bertz CT molecular complexity index is 1260. The van der Waals surface area contributed by atoms with Gasteiger partial charge < -0.3 is 14.3 Å². The highest BCUT2D eigenvalue weighted by molar-refractivity contribution is 5.92. The zero-order chi connectivity index (χ0) is 20.7. The van der Waals surface area contributed by atoms with Crippen LogP contribution in [0.5, 0.6) is 0 Å². The average molecular weight is 405 g/mol. The lowest BCUT2D eigenvalue weighted by Gasteiger charge is -2.32. The smallest absolute Gasteiger partial charge is 0.326 e. The van der Waals surface area contributed by atoms with Crippen LogP contribution in [0.15, 0.2) is 69.9 Å². The third-order valence-corrected chi connectivity index (χ3v) is 5.69. The van der Waals surface area contributed by atoms with Crippen LogP contribution in [0, 0.1) is 5.82 Å². The van der Waals surface area contributed by atoms with Crippen LogP contribution in [-0.2, 0) is 0 Å². The fraction of sp³-hybridized carbons (Fsp3) is 0.217. The van der Waals surface area contributed by atoms with Gasteiger partial charge in [0.2, 0.25) is 0 Å². The summed E-state index contributed by atoms with van der Waals surface area (Å²) in [5.41, 5.74) is 2.32. The van der Waals surface area contributed by atoms with Crippen molar-refractivity contribution in [1.82, 2.24) is 14.5 Å². The number of imidazole rings is 1. The van der Waals surface area contributed by atoms with Gasteiger partial charge in [0.05, 0.1) is 11.0 Å². The topological polar surface area (TPSA) is 71.2 Å². The summed E-state index contributed by atoms with van der Waals surface area (Å²) in [7, 11) is 0. The van der Waals surface area contributed by atoms with Gasteiger partial charge in [0.25, 0.3) is 5.91 Å². The molecule has 2 aromatic carbocycles. The van der Waals surface area contributed by atoms with Crippen LogP contribution in [0.1, 0.15) is 29.4 Å². The van der Waals surface area contributed by atoms with Crippen LogP contribution in [0.2, 0.25) is 0 Å². The van der Waals surface area contributed by atoms with Gasteiger partial charge in [0.15, 0.2) is 5.76 Å². The molecule has 1 aliphatic rings. The van der Waals surface area contributed by atoms with E-state index < -0.39 is 0 Å². The molecule has 3 heterocycles. The Hall–Kier alpha value is -3.61. The van der Waals surface area contributed by atoms with E-state index in [9.17, 15) is 14.0 Å². The Labute approximate surface area is 171 Å². The van der Waals surface area contributed by atoms with E-state index in [4.69, 9.17) is 4.42 Å². The number of hydrogen-bond donors (Lipinski definition) is 1. The second-order valence-corrected chi connectivity index (χ2v) is 7.51. The number of amides is 1. The van der Waals surface area contributed by atoms with E-state index in [1.54, 1.807) is 33.7 Å². The lowest BCUT2D eigenvalue weighted by Crippen LogP contribution is -2.40. The number of nitrogens with one attached hydrogen (secondary N) is 1. The first-order valence-electron chi connectivity index (χ1n) is 9.94. The number of likely N-dealkylation sites (tertiary alicyclic amines) is 1. The molecule has 30 heavy (non-hydrogen) atoms. The minimum Gasteiger partial charge on any atom is -0.451 e. The Morgan fingerprint density at radius 1 is 1.00 bits per heavy atom. The van der Waals surface area contributed by atoms with Crippen LogP contribution in [0.4, 0.5) is 4.39 Å². The standard InChI is InChI=1S/C23H20FN3O3/c24-16-7-5-15(6-8-16)20-9-10-21(30-20)22(28)26-13-11-17(12-14-26)27-19-4-2-1-3-18(19)25-23(27)29/h1-10,17H,11-14H2,(H,25,29). The fourth-order valence-corrected chi connectivity index (χ4v) is 4.14. The molecule has 1 saturated heterocycles. The zero-order valence-electron chi connectivity index (χ0n) is 16.2. The van der Waals surface area contributed by atoms with Crippen molar-refractivity contribution >= 4 is 16.9 Å². The molecule has 152 valence electrons. The predicted molar refractivity (Wildman–Crippen MR) is 111 cm³/mol. The second kappa shape index (κ2) is 7.33. The molecule has 4 aromatic rings. The molecule has 2 aromatic heterocycles. The van der Waals surface area contributed by atoms with Gasteiger partial charge in [-0.3, -0.25) is 9.36 Å². The minimum atomic E-state index is -0.321. The summed E-state index contributed by atoms with van der Waals surface area (Å²) in [6.07, 6.45) is 1.39. The van der Waals surface area contributed by atoms with E-state index in [2.05, 4.69) is 4.98 Å². The number of furan rings is 1. The third-order valence-electron chi connectivity index (χ3n) is 5.69. The van der Waals surface area contributed by atoms with Crippen LogP contribution in [-0.4, -0.2) is 33.4 Å². The molecule has 0 saturated carbocycles. The van der Waals surface area contributed by atoms with Crippen LogP contribution < -0.4 is 5.69 Å². The van der Waals surface area contributed by atoms with Gasteiger partial charge in [-0.2, -0.15) is 0 Å². The van der Waals surface area contributed by atoms with Crippen LogP contribution in [0.3, 0.4) is 0 Å². The number of carbonyl (C=O) groups is 1. The maximum Gasteiger partial charge on any atom is 0.326 e. The van der Waals surface area contributed by atoms with Gasteiger partial charge in [-0.25, -0.2) is 9.18 Å². The van der Waals surface area contributed by atoms with E-state index in [0.717, 1.165) is 11.0 Å². The number of aromatic amines is 1. The molecular weight excluding hydrogens is 385 g/mol. The number of benzene rings is 2. The average Bonchev–Trinajstić information content (AvgIpc) is 3.38. The summed E-state index contributed by atoms with van der Waals surface area (Å²) in [6.45, 7) is 1.09. The quantitative estimate of drug-likeness (QED) is 0.555. The highest BCUT2D eigenvalue weighted by Gasteiger charge is 2.28. The number of aromatic nitrogens is 2. The molecule has 0 unspecified atom stereocenters. The Morgan fingerprint density at radius 2 is 1.73 bits per heavy atom. The lowest BCUT2D eigenvalue weighted by molar-refractivity contribution is 0.0664. The Kier molecular flexibility index (Phi) is 4.50. The number of rotatable bonds is 3.